The summed E-state index contributed by atoms with van der Waals surface area (Å²) >= 11 is 5.64. The lowest BCUT2D eigenvalue weighted by molar-refractivity contribution is -0.123. The second-order valence-corrected chi connectivity index (χ2v) is 3.71. The Balaban J connectivity index is 2.61. The van der Waals surface area contributed by atoms with Crippen LogP contribution in [-0.2, 0) is 9.53 Å². The number of esters is 1. The maximum Gasteiger partial charge on any atom is 0.343 e. The smallest absolute Gasteiger partial charge is 0.343 e. The van der Waals surface area contributed by atoms with Crippen LogP contribution in [-0.4, -0.2) is 31.6 Å². The number of hydrogen-bond acceptors (Lipinski definition) is 4. The summed E-state index contributed by atoms with van der Waals surface area (Å²) in [5, 5.41) is 3.89. The van der Waals surface area contributed by atoms with Gasteiger partial charge in [-0.05, 0) is 12.1 Å². The quantitative estimate of drug-likeness (QED) is 0.816. The molecule has 2 N–H and O–H groups in total. The Morgan fingerprint density at radius 2 is 2.05 bits per heavy atom. The number of imide groups is 1. The molecular formula is C11H10ClFN2O4. The molecule has 3 amide bonds. The normalized spacial score (nSPS) is 9.63. The van der Waals surface area contributed by atoms with E-state index in [1.807, 2.05) is 5.32 Å². The first-order valence-corrected chi connectivity index (χ1v) is 5.46. The van der Waals surface area contributed by atoms with E-state index in [4.69, 9.17) is 11.6 Å². The third-order valence-electron chi connectivity index (χ3n) is 1.98. The molecule has 102 valence electrons. The fraction of sp³-hybridized carbons (Fsp3) is 0.182. The van der Waals surface area contributed by atoms with Gasteiger partial charge in [-0.25, -0.2) is 14.0 Å². The van der Waals surface area contributed by atoms with Gasteiger partial charge in [0.05, 0.1) is 5.02 Å². The predicted molar refractivity (Wildman–Crippen MR) is 64.3 cm³/mol. The van der Waals surface area contributed by atoms with E-state index in [0.29, 0.717) is 0 Å². The first-order valence-electron chi connectivity index (χ1n) is 5.08. The maximum absolute atomic E-state index is 13.3. The summed E-state index contributed by atoms with van der Waals surface area (Å²) in [5.41, 5.74) is -0.461. The fourth-order valence-electron chi connectivity index (χ4n) is 1.12. The van der Waals surface area contributed by atoms with Crippen LogP contribution in [0, 0.1) is 5.82 Å². The van der Waals surface area contributed by atoms with E-state index < -0.39 is 35.9 Å². The average Bonchev–Trinajstić information content (AvgIpc) is 2.36. The molecule has 0 aliphatic rings. The largest absolute Gasteiger partial charge is 0.452 e. The molecule has 0 aromatic heterocycles. The third-order valence-corrected chi connectivity index (χ3v) is 2.30. The summed E-state index contributed by atoms with van der Waals surface area (Å²) < 4.78 is 17.9. The van der Waals surface area contributed by atoms with E-state index >= 15 is 0 Å². The highest BCUT2D eigenvalue weighted by molar-refractivity contribution is 6.33. The number of halogens is 2. The molecule has 8 heteroatoms. The molecule has 0 radical (unpaired) electrons. The molecule has 0 fully saturated rings. The van der Waals surface area contributed by atoms with Crippen molar-refractivity contribution in [1.82, 2.24) is 10.6 Å². The zero-order valence-corrected chi connectivity index (χ0v) is 10.6. The highest BCUT2D eigenvalue weighted by Gasteiger charge is 2.18. The van der Waals surface area contributed by atoms with Gasteiger partial charge in [0.1, 0.15) is 11.4 Å². The van der Waals surface area contributed by atoms with Crippen LogP contribution in [0.25, 0.3) is 0 Å². The number of rotatable bonds is 3. The van der Waals surface area contributed by atoms with Crippen molar-refractivity contribution in [2.75, 3.05) is 13.7 Å². The van der Waals surface area contributed by atoms with Gasteiger partial charge < -0.3 is 10.1 Å². The number of nitrogens with one attached hydrogen (secondary N) is 2. The molecule has 0 heterocycles. The van der Waals surface area contributed by atoms with E-state index in [9.17, 15) is 18.8 Å². The van der Waals surface area contributed by atoms with Crippen molar-refractivity contribution in [2.24, 2.45) is 0 Å². The number of urea groups is 1. The summed E-state index contributed by atoms with van der Waals surface area (Å²) in [6.07, 6.45) is 0. The Morgan fingerprint density at radius 1 is 1.37 bits per heavy atom. The Morgan fingerprint density at radius 3 is 2.63 bits per heavy atom. The molecule has 6 nitrogen and oxygen atoms in total. The number of hydrogen-bond donors (Lipinski definition) is 2. The van der Waals surface area contributed by atoms with Crippen LogP contribution < -0.4 is 10.6 Å². The molecule has 0 aliphatic heterocycles. The minimum Gasteiger partial charge on any atom is -0.452 e. The lowest BCUT2D eigenvalue weighted by atomic mass is 10.2. The lowest BCUT2D eigenvalue weighted by Crippen LogP contribution is -2.39. The fourth-order valence-corrected chi connectivity index (χ4v) is 1.36. The summed E-state index contributed by atoms with van der Waals surface area (Å²) in [7, 11) is 1.31. The van der Waals surface area contributed by atoms with Crippen LogP contribution in [0.2, 0.25) is 5.02 Å². The molecule has 0 saturated heterocycles. The zero-order chi connectivity index (χ0) is 14.4. The minimum atomic E-state index is -1.09. The number of carbonyl (C=O) groups excluding carboxylic acids is 3. The molecule has 0 spiro atoms. The van der Waals surface area contributed by atoms with Crippen molar-refractivity contribution in [2.45, 2.75) is 0 Å². The minimum absolute atomic E-state index is 0.128. The molecule has 1 rings (SSSR count). The van der Waals surface area contributed by atoms with E-state index in [-0.39, 0.29) is 5.02 Å². The van der Waals surface area contributed by atoms with Crippen LogP contribution in [0.4, 0.5) is 9.18 Å². The number of ether oxygens (including phenoxy) is 1. The van der Waals surface area contributed by atoms with Crippen LogP contribution in [0.15, 0.2) is 18.2 Å². The van der Waals surface area contributed by atoms with Crippen molar-refractivity contribution in [3.63, 3.8) is 0 Å². The van der Waals surface area contributed by atoms with Crippen LogP contribution in [0.5, 0.6) is 0 Å². The van der Waals surface area contributed by atoms with E-state index in [2.05, 4.69) is 10.1 Å². The Kier molecular flexibility index (Phi) is 5.25. The van der Waals surface area contributed by atoms with E-state index in [1.165, 1.54) is 19.2 Å². The van der Waals surface area contributed by atoms with Crippen LogP contribution in [0.3, 0.4) is 0 Å². The topological polar surface area (TPSA) is 84.5 Å². The van der Waals surface area contributed by atoms with Crippen LogP contribution >= 0.6 is 11.6 Å². The van der Waals surface area contributed by atoms with Crippen molar-refractivity contribution in [3.8, 4) is 0 Å². The third kappa shape index (κ3) is 4.22. The van der Waals surface area contributed by atoms with Crippen molar-refractivity contribution in [3.05, 3.63) is 34.6 Å². The summed E-state index contributed by atoms with van der Waals surface area (Å²) in [6.45, 7) is -0.725. The Bertz CT molecular complexity index is 501. The molecule has 0 saturated carbocycles. The standard InChI is InChI=1S/C11H10ClFN2O4/c1-14-11(18)15-8(16)5-19-10(17)9-6(12)3-2-4-7(9)13/h2-4H,5H2,1H3,(H2,14,15,16,18). The van der Waals surface area contributed by atoms with Crippen molar-refractivity contribution >= 4 is 29.5 Å². The second kappa shape index (κ2) is 6.69. The molecule has 1 aromatic rings. The summed E-state index contributed by atoms with van der Waals surface area (Å²) in [4.78, 5) is 33.4. The lowest BCUT2D eigenvalue weighted by Gasteiger charge is -2.07. The molecule has 0 unspecified atom stereocenters. The summed E-state index contributed by atoms with van der Waals surface area (Å²) in [6, 6.07) is 2.93. The van der Waals surface area contributed by atoms with Crippen molar-refractivity contribution in [1.29, 1.82) is 0 Å². The molecule has 0 bridgehead atoms. The van der Waals surface area contributed by atoms with Gasteiger partial charge in [0.15, 0.2) is 6.61 Å². The van der Waals surface area contributed by atoms with Gasteiger partial charge in [-0.15, -0.1) is 0 Å². The van der Waals surface area contributed by atoms with E-state index in [0.717, 1.165) is 6.07 Å². The first kappa shape index (κ1) is 14.9. The Labute approximate surface area is 112 Å². The molecule has 1 aromatic carbocycles. The number of carbonyl (C=O) groups is 3. The first-order chi connectivity index (χ1) is 8.95. The zero-order valence-electron chi connectivity index (χ0n) is 9.83. The maximum atomic E-state index is 13.3. The van der Waals surface area contributed by atoms with Gasteiger partial charge in [0.25, 0.3) is 5.91 Å². The highest BCUT2D eigenvalue weighted by Crippen LogP contribution is 2.19. The van der Waals surface area contributed by atoms with Crippen LogP contribution in [0.1, 0.15) is 10.4 Å². The second-order valence-electron chi connectivity index (χ2n) is 3.30. The highest BCUT2D eigenvalue weighted by atomic mass is 35.5. The molecule has 0 aliphatic carbocycles. The van der Waals surface area contributed by atoms with Gasteiger partial charge in [-0.2, -0.15) is 0 Å². The SMILES string of the molecule is CNC(=O)NC(=O)COC(=O)c1c(F)cccc1Cl. The van der Waals surface area contributed by atoms with Gasteiger partial charge in [0, 0.05) is 7.05 Å². The van der Waals surface area contributed by atoms with Gasteiger partial charge in [-0.3, -0.25) is 10.1 Å². The predicted octanol–water partition coefficient (Wildman–Crippen LogP) is 1.09. The number of amides is 3. The van der Waals surface area contributed by atoms with Gasteiger partial charge in [0.2, 0.25) is 0 Å². The Hall–Kier alpha value is -2.15. The van der Waals surface area contributed by atoms with Gasteiger partial charge in [-0.1, -0.05) is 17.7 Å². The average molecular weight is 289 g/mol. The summed E-state index contributed by atoms with van der Waals surface area (Å²) in [5.74, 6) is -2.79. The van der Waals surface area contributed by atoms with Gasteiger partial charge >= 0.3 is 12.0 Å². The molecular weight excluding hydrogens is 279 g/mol. The monoisotopic (exact) mass is 288 g/mol. The van der Waals surface area contributed by atoms with E-state index in [1.54, 1.807) is 0 Å². The van der Waals surface area contributed by atoms with Crippen molar-refractivity contribution < 1.29 is 23.5 Å². The molecule has 0 atom stereocenters. The molecule has 19 heavy (non-hydrogen) atoms. The number of benzene rings is 1.